The predicted molar refractivity (Wildman–Crippen MR) is 123 cm³/mol. The summed E-state index contributed by atoms with van der Waals surface area (Å²) in [6, 6.07) is 10.5. The van der Waals surface area contributed by atoms with Crippen LogP contribution in [0.2, 0.25) is 0 Å². The van der Waals surface area contributed by atoms with Crippen LogP contribution in [0.25, 0.3) is 0 Å². The van der Waals surface area contributed by atoms with Crippen LogP contribution in [0.5, 0.6) is 0 Å². The number of likely N-dealkylation sites (tertiary alicyclic amines) is 2. The predicted octanol–water partition coefficient (Wildman–Crippen LogP) is 2.45. The maximum atomic E-state index is 13.2. The highest BCUT2D eigenvalue weighted by atomic mass is 16.2. The van der Waals surface area contributed by atoms with E-state index in [4.69, 9.17) is 0 Å². The van der Waals surface area contributed by atoms with Gasteiger partial charge in [-0.15, -0.1) is 0 Å². The Balaban J connectivity index is 1.22. The molecule has 1 unspecified atom stereocenters. The lowest BCUT2D eigenvalue weighted by atomic mass is 9.95. The third-order valence-electron chi connectivity index (χ3n) is 7.11. The number of carbonyl (C=O) groups is 2. The van der Waals surface area contributed by atoms with E-state index in [1.165, 1.54) is 18.4 Å². The molecular weight excluding hydrogens is 388 g/mol. The highest BCUT2D eigenvalue weighted by Crippen LogP contribution is 2.21. The molecule has 0 radical (unpaired) electrons. The van der Waals surface area contributed by atoms with E-state index in [-0.39, 0.29) is 11.8 Å². The van der Waals surface area contributed by atoms with E-state index in [9.17, 15) is 9.59 Å². The van der Waals surface area contributed by atoms with Crippen molar-refractivity contribution < 1.29 is 9.59 Å². The second kappa shape index (κ2) is 11.1. The molecule has 3 aliphatic heterocycles. The molecule has 0 N–H and O–H groups in total. The standard InChI is InChI=1S/C25H38N4O2/c30-24(28-13-6-1-2-7-14-28)21-26-15-17-29(18-16-26)25(31)23-11-8-12-27(20-23)19-22-9-4-3-5-10-22/h3-5,9-10,23H,1-2,6-8,11-21H2. The van der Waals surface area contributed by atoms with Gasteiger partial charge in [0.2, 0.25) is 11.8 Å². The van der Waals surface area contributed by atoms with Crippen molar-refractivity contribution in [1.82, 2.24) is 19.6 Å². The van der Waals surface area contributed by atoms with Crippen LogP contribution in [-0.2, 0) is 16.1 Å². The molecule has 6 heteroatoms. The van der Waals surface area contributed by atoms with Crippen LogP contribution in [0.1, 0.15) is 44.1 Å². The first-order valence-corrected chi connectivity index (χ1v) is 12.2. The van der Waals surface area contributed by atoms with Crippen molar-refractivity contribution in [2.24, 2.45) is 5.92 Å². The van der Waals surface area contributed by atoms with Gasteiger partial charge in [0.1, 0.15) is 0 Å². The number of piperazine rings is 1. The zero-order chi connectivity index (χ0) is 21.5. The Morgan fingerprint density at radius 1 is 0.742 bits per heavy atom. The highest BCUT2D eigenvalue weighted by Gasteiger charge is 2.31. The van der Waals surface area contributed by atoms with Crippen molar-refractivity contribution in [2.45, 2.75) is 45.1 Å². The van der Waals surface area contributed by atoms with Gasteiger partial charge < -0.3 is 9.80 Å². The second-order valence-electron chi connectivity index (χ2n) is 9.46. The average molecular weight is 427 g/mol. The minimum Gasteiger partial charge on any atom is -0.342 e. The Morgan fingerprint density at radius 3 is 2.16 bits per heavy atom. The van der Waals surface area contributed by atoms with Gasteiger partial charge in [-0.05, 0) is 37.8 Å². The Hall–Kier alpha value is -1.92. The van der Waals surface area contributed by atoms with Crippen LogP contribution >= 0.6 is 0 Å². The van der Waals surface area contributed by atoms with Crippen molar-refractivity contribution in [2.75, 3.05) is 58.9 Å². The molecular formula is C25H38N4O2. The van der Waals surface area contributed by atoms with Crippen LogP contribution in [-0.4, -0.2) is 90.3 Å². The molecule has 0 aromatic heterocycles. The fourth-order valence-corrected chi connectivity index (χ4v) is 5.24. The molecule has 0 bridgehead atoms. The van der Waals surface area contributed by atoms with Gasteiger partial charge in [0.25, 0.3) is 0 Å². The number of nitrogens with zero attached hydrogens (tertiary/aromatic N) is 4. The monoisotopic (exact) mass is 426 g/mol. The van der Waals surface area contributed by atoms with Gasteiger partial charge in [-0.2, -0.15) is 0 Å². The largest absolute Gasteiger partial charge is 0.342 e. The van der Waals surface area contributed by atoms with Crippen molar-refractivity contribution >= 4 is 11.8 Å². The summed E-state index contributed by atoms with van der Waals surface area (Å²) in [4.78, 5) is 34.6. The van der Waals surface area contributed by atoms with E-state index in [1.807, 2.05) is 15.9 Å². The number of rotatable bonds is 5. The molecule has 3 heterocycles. The molecule has 0 aliphatic carbocycles. The van der Waals surface area contributed by atoms with Gasteiger partial charge in [0.05, 0.1) is 12.5 Å². The lowest BCUT2D eigenvalue weighted by Crippen LogP contribution is -2.54. The normalized spacial score (nSPS) is 24.1. The lowest BCUT2D eigenvalue weighted by Gasteiger charge is -2.39. The molecule has 31 heavy (non-hydrogen) atoms. The number of hydrogen-bond donors (Lipinski definition) is 0. The molecule has 3 saturated heterocycles. The summed E-state index contributed by atoms with van der Waals surface area (Å²) < 4.78 is 0. The number of amides is 2. The molecule has 2 amide bonds. The topological polar surface area (TPSA) is 47.1 Å². The SMILES string of the molecule is O=C(CN1CCN(C(=O)C2CCCN(Cc3ccccc3)C2)CC1)N1CCCCCC1. The van der Waals surface area contributed by atoms with Crippen LogP contribution in [0, 0.1) is 5.92 Å². The first-order valence-electron chi connectivity index (χ1n) is 12.2. The van der Waals surface area contributed by atoms with Crippen molar-refractivity contribution in [3.63, 3.8) is 0 Å². The van der Waals surface area contributed by atoms with E-state index in [0.717, 1.165) is 84.6 Å². The van der Waals surface area contributed by atoms with Gasteiger partial charge in [-0.3, -0.25) is 19.4 Å². The van der Waals surface area contributed by atoms with Gasteiger partial charge in [-0.1, -0.05) is 43.2 Å². The fourth-order valence-electron chi connectivity index (χ4n) is 5.24. The van der Waals surface area contributed by atoms with Gasteiger partial charge in [0.15, 0.2) is 0 Å². The maximum Gasteiger partial charge on any atom is 0.236 e. The van der Waals surface area contributed by atoms with E-state index >= 15 is 0 Å². The number of hydrogen-bond acceptors (Lipinski definition) is 4. The Labute approximate surface area is 187 Å². The van der Waals surface area contributed by atoms with Crippen LogP contribution in [0.15, 0.2) is 30.3 Å². The molecule has 0 spiro atoms. The van der Waals surface area contributed by atoms with Crippen molar-refractivity contribution in [1.29, 1.82) is 0 Å². The molecule has 4 rings (SSSR count). The summed E-state index contributed by atoms with van der Waals surface area (Å²) in [5.74, 6) is 0.699. The van der Waals surface area contributed by atoms with Crippen LogP contribution < -0.4 is 0 Å². The van der Waals surface area contributed by atoms with Gasteiger partial charge in [-0.25, -0.2) is 0 Å². The van der Waals surface area contributed by atoms with Gasteiger partial charge >= 0.3 is 0 Å². The molecule has 6 nitrogen and oxygen atoms in total. The lowest BCUT2D eigenvalue weighted by molar-refractivity contribution is -0.140. The minimum absolute atomic E-state index is 0.114. The molecule has 3 aliphatic rings. The van der Waals surface area contributed by atoms with E-state index in [0.29, 0.717) is 12.5 Å². The number of benzene rings is 1. The second-order valence-corrected chi connectivity index (χ2v) is 9.46. The first kappa shape index (κ1) is 22.3. The molecule has 1 aromatic rings. The Morgan fingerprint density at radius 2 is 1.45 bits per heavy atom. The molecule has 3 fully saturated rings. The highest BCUT2D eigenvalue weighted by molar-refractivity contribution is 5.80. The smallest absolute Gasteiger partial charge is 0.236 e. The van der Waals surface area contributed by atoms with Crippen molar-refractivity contribution in [3.8, 4) is 0 Å². The zero-order valence-electron chi connectivity index (χ0n) is 18.9. The van der Waals surface area contributed by atoms with E-state index < -0.39 is 0 Å². The van der Waals surface area contributed by atoms with E-state index in [2.05, 4.69) is 34.1 Å². The van der Waals surface area contributed by atoms with Crippen LogP contribution in [0.3, 0.4) is 0 Å². The summed E-state index contributed by atoms with van der Waals surface area (Å²) in [5.41, 5.74) is 1.32. The summed E-state index contributed by atoms with van der Waals surface area (Å²) >= 11 is 0. The average Bonchev–Trinajstić information content (AvgIpc) is 3.10. The van der Waals surface area contributed by atoms with Crippen molar-refractivity contribution in [3.05, 3.63) is 35.9 Å². The van der Waals surface area contributed by atoms with Crippen LogP contribution in [0.4, 0.5) is 0 Å². The summed E-state index contributed by atoms with van der Waals surface area (Å²) in [6.07, 6.45) is 6.85. The Bertz CT molecular complexity index is 709. The molecule has 1 atom stereocenters. The number of piperidine rings is 1. The minimum atomic E-state index is 0.114. The van der Waals surface area contributed by atoms with Gasteiger partial charge in [0, 0.05) is 52.4 Å². The zero-order valence-corrected chi connectivity index (χ0v) is 18.9. The summed E-state index contributed by atoms with van der Waals surface area (Å²) in [6.45, 7) is 8.33. The quantitative estimate of drug-likeness (QED) is 0.726. The molecule has 170 valence electrons. The fraction of sp³-hybridized carbons (Fsp3) is 0.680. The summed E-state index contributed by atoms with van der Waals surface area (Å²) in [5, 5.41) is 0. The summed E-state index contributed by atoms with van der Waals surface area (Å²) in [7, 11) is 0. The number of carbonyl (C=O) groups excluding carboxylic acids is 2. The Kier molecular flexibility index (Phi) is 7.97. The van der Waals surface area contributed by atoms with E-state index in [1.54, 1.807) is 0 Å². The third kappa shape index (κ3) is 6.30. The molecule has 1 aromatic carbocycles. The maximum absolute atomic E-state index is 13.2. The molecule has 0 saturated carbocycles. The first-order chi connectivity index (χ1) is 15.2. The third-order valence-corrected chi connectivity index (χ3v) is 7.11.